The first-order valence-electron chi connectivity index (χ1n) is 31.0. The SMILES string of the molecule is CC1(C)c2ccccc2-c2ccc(-c3ccc4c(c3)[Si]3(c5cc(-c6ccc7c(c6)C(C)(C)c6ccccc6-7)ccc5-c5ccc(-c6ccc7ccc8cccc9ccc6c7c89)cc53)c3cc(-c5ccc6ccc7cccc8ccc5c6c78)ccc3-4)cc21. The third-order valence-corrected chi connectivity index (χ3v) is 26.7. The number of hydrogen-bond donors (Lipinski definition) is 0. The smallest absolute Gasteiger partial charge is 0.0619 e. The van der Waals surface area contributed by atoms with E-state index in [1.165, 1.54) is 197 Å². The molecule has 20 rings (SSSR count). The second kappa shape index (κ2) is 16.6. The second-order valence-electron chi connectivity index (χ2n) is 26.6. The zero-order chi connectivity index (χ0) is 57.4. The van der Waals surface area contributed by atoms with Crippen molar-refractivity contribution in [3.63, 3.8) is 0 Å². The van der Waals surface area contributed by atoms with Crippen LogP contribution in [-0.2, 0) is 10.8 Å². The Balaban J connectivity index is 0.872. The fourth-order valence-electron chi connectivity index (χ4n) is 17.7. The summed E-state index contributed by atoms with van der Waals surface area (Å²) in [4.78, 5) is 0. The lowest BCUT2D eigenvalue weighted by molar-refractivity contribution is 0.660. The Morgan fingerprint density at radius 1 is 0.207 bits per heavy atom. The van der Waals surface area contributed by atoms with Gasteiger partial charge in [0.05, 0.1) is 0 Å². The fraction of sp³-hybridized carbons (Fsp3) is 0.0698. The van der Waals surface area contributed by atoms with Gasteiger partial charge in [-0.05, 0) is 209 Å². The molecule has 0 radical (unpaired) electrons. The van der Waals surface area contributed by atoms with E-state index in [1.807, 2.05) is 0 Å². The topological polar surface area (TPSA) is 0 Å². The number of rotatable bonds is 4. The normalized spacial score (nSPS) is 14.9. The van der Waals surface area contributed by atoms with Crippen LogP contribution >= 0.6 is 0 Å². The van der Waals surface area contributed by atoms with Gasteiger partial charge in [0.2, 0.25) is 0 Å². The second-order valence-corrected chi connectivity index (χ2v) is 30.2. The first kappa shape index (κ1) is 48.1. The van der Waals surface area contributed by atoms with Gasteiger partial charge in [0.25, 0.3) is 0 Å². The van der Waals surface area contributed by atoms with Gasteiger partial charge in [-0.2, -0.15) is 0 Å². The molecule has 0 atom stereocenters. The van der Waals surface area contributed by atoms with Gasteiger partial charge in [0.15, 0.2) is 8.07 Å². The molecule has 0 N–H and O–H groups in total. The van der Waals surface area contributed by atoms with Crippen LogP contribution in [-0.4, -0.2) is 8.07 Å². The summed E-state index contributed by atoms with van der Waals surface area (Å²) < 4.78 is 0. The van der Waals surface area contributed by atoms with Gasteiger partial charge in [-0.25, -0.2) is 0 Å². The van der Waals surface area contributed by atoms with E-state index in [0.29, 0.717) is 0 Å². The molecule has 0 fully saturated rings. The minimum atomic E-state index is -3.27. The lowest BCUT2D eigenvalue weighted by atomic mass is 9.81. The van der Waals surface area contributed by atoms with Crippen LogP contribution in [0.3, 0.4) is 0 Å². The van der Waals surface area contributed by atoms with Crippen LogP contribution < -0.4 is 20.7 Å². The van der Waals surface area contributed by atoms with Gasteiger partial charge >= 0.3 is 0 Å². The van der Waals surface area contributed by atoms with Gasteiger partial charge in [-0.1, -0.05) is 282 Å². The molecule has 2 heterocycles. The Hall–Kier alpha value is -10.2. The highest BCUT2D eigenvalue weighted by atomic mass is 28.3. The lowest BCUT2D eigenvalue weighted by Crippen LogP contribution is -2.70. The van der Waals surface area contributed by atoms with Crippen molar-refractivity contribution >= 4 is 93.5 Å². The van der Waals surface area contributed by atoms with E-state index < -0.39 is 8.07 Å². The highest BCUT2D eigenvalue weighted by Gasteiger charge is 2.55. The summed E-state index contributed by atoms with van der Waals surface area (Å²) >= 11 is 0. The molecular formula is C86H56Si. The highest BCUT2D eigenvalue weighted by Crippen LogP contribution is 2.53. The fourth-order valence-corrected chi connectivity index (χ4v) is 23.4. The first-order valence-corrected chi connectivity index (χ1v) is 33.0. The maximum Gasteiger partial charge on any atom is 0.182 e. The van der Waals surface area contributed by atoms with E-state index in [0.717, 1.165) is 0 Å². The molecule has 0 saturated heterocycles. The summed E-state index contributed by atoms with van der Waals surface area (Å²) in [5.74, 6) is 0. The predicted molar refractivity (Wildman–Crippen MR) is 372 cm³/mol. The van der Waals surface area contributed by atoms with Crippen LogP contribution in [0.15, 0.2) is 267 Å². The molecule has 0 amide bonds. The molecule has 4 aliphatic rings. The van der Waals surface area contributed by atoms with Crippen molar-refractivity contribution < 1.29 is 0 Å². The Morgan fingerprint density at radius 2 is 0.494 bits per heavy atom. The number of hydrogen-bond acceptors (Lipinski definition) is 0. The molecule has 16 aromatic carbocycles. The van der Waals surface area contributed by atoms with E-state index >= 15 is 0 Å². The number of benzene rings is 16. The zero-order valence-electron chi connectivity index (χ0n) is 48.9. The summed E-state index contributed by atoms with van der Waals surface area (Å²) in [6.07, 6.45) is 0. The Kier molecular flexibility index (Phi) is 9.19. The lowest BCUT2D eigenvalue weighted by Gasteiger charge is -2.29. The van der Waals surface area contributed by atoms with Gasteiger partial charge in [0, 0.05) is 10.8 Å². The maximum absolute atomic E-state index is 3.27. The van der Waals surface area contributed by atoms with Gasteiger partial charge in [0.1, 0.15) is 0 Å². The van der Waals surface area contributed by atoms with Crippen LogP contribution in [0.2, 0.25) is 0 Å². The molecule has 87 heavy (non-hydrogen) atoms. The molecular weight excluding hydrogens is 1060 g/mol. The molecule has 2 aliphatic carbocycles. The van der Waals surface area contributed by atoms with Crippen molar-refractivity contribution in [2.24, 2.45) is 0 Å². The molecule has 404 valence electrons. The summed E-state index contributed by atoms with van der Waals surface area (Å²) in [6.45, 7) is 9.63. The summed E-state index contributed by atoms with van der Waals surface area (Å²) in [5.41, 5.74) is 26.3. The quantitative estimate of drug-likeness (QED) is 0.122. The standard InChI is InChI=1S/C86H56Si/c1-85(2)73-17-7-5-15-63(73)65-35-27-55(43-75(65)85)57-29-37-67-69-39-31-59(61-33-23-53-21-19-49-11-9-13-51-25-41-71(61)83(53)81(49)51)47-79(69)87(77(67)45-57)78-46-58(56-28-36-66-64-16-6-8-18-74(64)86(3,4)76(66)44-56)30-38-68(78)70-40-32-60(48-80(70)87)62-34-24-54-22-20-50-12-10-14-52-26-42-72(62)84(54)82(50)52/h5-48H,1-4H3. The van der Waals surface area contributed by atoms with E-state index in [-0.39, 0.29) is 10.8 Å². The van der Waals surface area contributed by atoms with Crippen molar-refractivity contribution in [3.8, 4) is 89.0 Å². The molecule has 0 unspecified atom stereocenters. The third-order valence-electron chi connectivity index (χ3n) is 21.8. The Bertz CT molecular complexity index is 5380. The largest absolute Gasteiger partial charge is 0.182 e. The molecule has 1 spiro atoms. The summed E-state index contributed by atoms with van der Waals surface area (Å²) in [7, 11) is -3.27. The van der Waals surface area contributed by atoms with Crippen molar-refractivity contribution in [2.75, 3.05) is 0 Å². The zero-order valence-corrected chi connectivity index (χ0v) is 49.9. The molecule has 2 aliphatic heterocycles. The van der Waals surface area contributed by atoms with Crippen molar-refractivity contribution in [2.45, 2.75) is 38.5 Å². The van der Waals surface area contributed by atoms with Gasteiger partial charge < -0.3 is 0 Å². The molecule has 1 heteroatoms. The predicted octanol–water partition coefficient (Wildman–Crippen LogP) is 20.1. The van der Waals surface area contributed by atoms with E-state index in [2.05, 4.69) is 295 Å². The van der Waals surface area contributed by atoms with Crippen LogP contribution in [0.4, 0.5) is 0 Å². The molecule has 16 aromatic rings. The van der Waals surface area contributed by atoms with Crippen molar-refractivity contribution in [1.29, 1.82) is 0 Å². The minimum absolute atomic E-state index is 0.122. The summed E-state index contributed by atoms with van der Waals surface area (Å²) in [5, 5.41) is 21.6. The van der Waals surface area contributed by atoms with Crippen LogP contribution in [0.1, 0.15) is 49.9 Å². The average molecular weight is 1120 g/mol. The maximum atomic E-state index is 2.67. The van der Waals surface area contributed by atoms with Crippen LogP contribution in [0, 0.1) is 0 Å². The third kappa shape index (κ3) is 6.12. The van der Waals surface area contributed by atoms with E-state index in [4.69, 9.17) is 0 Å². The molecule has 0 aromatic heterocycles. The van der Waals surface area contributed by atoms with E-state index in [1.54, 1.807) is 0 Å². The van der Waals surface area contributed by atoms with Gasteiger partial charge in [-0.3, -0.25) is 0 Å². The van der Waals surface area contributed by atoms with Crippen LogP contribution in [0.25, 0.3) is 154 Å². The van der Waals surface area contributed by atoms with Gasteiger partial charge in [-0.15, -0.1) is 0 Å². The Labute approximate surface area is 507 Å². The average Bonchev–Trinajstić information content (AvgIpc) is 1.53. The first-order chi connectivity index (χ1) is 42.6. The van der Waals surface area contributed by atoms with Crippen molar-refractivity contribution in [1.82, 2.24) is 0 Å². The Morgan fingerprint density at radius 3 is 0.897 bits per heavy atom. The van der Waals surface area contributed by atoms with Crippen LogP contribution in [0.5, 0.6) is 0 Å². The molecule has 0 saturated carbocycles. The number of fused-ring (bicyclic) bond motifs is 16. The molecule has 0 bridgehead atoms. The summed E-state index contributed by atoms with van der Waals surface area (Å²) in [6, 6.07) is 105. The minimum Gasteiger partial charge on any atom is -0.0619 e. The van der Waals surface area contributed by atoms with E-state index in [9.17, 15) is 0 Å². The van der Waals surface area contributed by atoms with Crippen molar-refractivity contribution in [3.05, 3.63) is 289 Å². The highest BCUT2D eigenvalue weighted by molar-refractivity contribution is 7.24. The molecule has 0 nitrogen and oxygen atoms in total. The monoisotopic (exact) mass is 1120 g/mol.